The summed E-state index contributed by atoms with van der Waals surface area (Å²) < 4.78 is 4.92. The quantitative estimate of drug-likeness (QED) is 0.774. The molecule has 2 rings (SSSR count). The molecule has 4 heteroatoms. The maximum atomic E-state index is 9.51. The number of phenolic OH excluding ortho intramolecular Hbond substituents is 1. The minimum Gasteiger partial charge on any atom is -0.508 e. The van der Waals surface area contributed by atoms with Gasteiger partial charge in [0.2, 0.25) is 11.7 Å². The zero-order valence-corrected chi connectivity index (χ0v) is 8.90. The molecular formula is C11H12N2O2. The molecule has 15 heavy (non-hydrogen) atoms. The SMILES string of the molecule is Cc1nc(-c2ccc(O)c(C)c2C)no1. The van der Waals surface area contributed by atoms with E-state index >= 15 is 0 Å². The standard InChI is InChI=1S/C11H12N2O2/c1-6-7(2)10(14)5-4-9(6)11-12-8(3)15-13-11/h4-5,14H,1-3H3. The Morgan fingerprint density at radius 3 is 2.47 bits per heavy atom. The molecule has 1 aromatic carbocycles. The number of aryl methyl sites for hydroxylation is 1. The summed E-state index contributed by atoms with van der Waals surface area (Å²) in [6, 6.07) is 3.44. The van der Waals surface area contributed by atoms with Gasteiger partial charge in [0.15, 0.2) is 0 Å². The molecule has 78 valence electrons. The van der Waals surface area contributed by atoms with Gasteiger partial charge in [-0.2, -0.15) is 4.98 Å². The van der Waals surface area contributed by atoms with E-state index in [0.29, 0.717) is 11.7 Å². The second kappa shape index (κ2) is 3.38. The Morgan fingerprint density at radius 2 is 1.87 bits per heavy atom. The highest BCUT2D eigenvalue weighted by Crippen LogP contribution is 2.28. The van der Waals surface area contributed by atoms with Crippen molar-refractivity contribution < 1.29 is 9.63 Å². The second-order valence-corrected chi connectivity index (χ2v) is 3.52. The Kier molecular flexibility index (Phi) is 2.19. The first-order valence-corrected chi connectivity index (χ1v) is 4.69. The van der Waals surface area contributed by atoms with E-state index in [-0.39, 0.29) is 5.75 Å². The molecule has 0 saturated heterocycles. The minimum absolute atomic E-state index is 0.288. The number of hydrogen-bond donors (Lipinski definition) is 1. The summed E-state index contributed by atoms with van der Waals surface area (Å²) in [6.07, 6.45) is 0. The van der Waals surface area contributed by atoms with Gasteiger partial charge >= 0.3 is 0 Å². The topological polar surface area (TPSA) is 59.2 Å². The van der Waals surface area contributed by atoms with Gasteiger partial charge in [-0.05, 0) is 37.1 Å². The molecule has 0 radical (unpaired) electrons. The number of aromatic hydroxyl groups is 1. The molecule has 0 aliphatic heterocycles. The van der Waals surface area contributed by atoms with Crippen LogP contribution in [0.1, 0.15) is 17.0 Å². The van der Waals surface area contributed by atoms with Crippen LogP contribution in [0.5, 0.6) is 5.75 Å². The van der Waals surface area contributed by atoms with Crippen LogP contribution in [0.2, 0.25) is 0 Å². The Bertz CT molecular complexity index is 503. The Balaban J connectivity index is 2.59. The highest BCUT2D eigenvalue weighted by molar-refractivity contribution is 5.63. The van der Waals surface area contributed by atoms with Gasteiger partial charge in [-0.25, -0.2) is 0 Å². The van der Waals surface area contributed by atoms with E-state index in [9.17, 15) is 5.11 Å². The van der Waals surface area contributed by atoms with Crippen LogP contribution in [-0.2, 0) is 0 Å². The first kappa shape index (κ1) is 9.71. The molecule has 1 aromatic heterocycles. The second-order valence-electron chi connectivity index (χ2n) is 3.52. The van der Waals surface area contributed by atoms with E-state index in [0.717, 1.165) is 16.7 Å². The molecule has 0 fully saturated rings. The first-order chi connectivity index (χ1) is 7.09. The number of nitrogens with zero attached hydrogens (tertiary/aromatic N) is 2. The Labute approximate surface area is 87.6 Å². The lowest BCUT2D eigenvalue weighted by Gasteiger charge is -2.06. The molecule has 1 heterocycles. The van der Waals surface area contributed by atoms with Crippen molar-refractivity contribution in [3.8, 4) is 17.1 Å². The van der Waals surface area contributed by atoms with E-state index < -0.39 is 0 Å². The molecule has 4 nitrogen and oxygen atoms in total. The maximum Gasteiger partial charge on any atom is 0.223 e. The predicted octanol–water partition coefficient (Wildman–Crippen LogP) is 2.37. The highest BCUT2D eigenvalue weighted by atomic mass is 16.5. The fourth-order valence-electron chi connectivity index (χ4n) is 1.46. The molecule has 0 atom stereocenters. The lowest BCUT2D eigenvalue weighted by atomic mass is 10.0. The normalized spacial score (nSPS) is 10.6. The van der Waals surface area contributed by atoms with Gasteiger partial charge in [0, 0.05) is 12.5 Å². The van der Waals surface area contributed by atoms with Crippen LogP contribution < -0.4 is 0 Å². The summed E-state index contributed by atoms with van der Waals surface area (Å²) in [6.45, 7) is 5.54. The van der Waals surface area contributed by atoms with Crippen LogP contribution >= 0.6 is 0 Å². The lowest BCUT2D eigenvalue weighted by Crippen LogP contribution is -1.89. The summed E-state index contributed by atoms with van der Waals surface area (Å²) in [5.74, 6) is 1.39. The van der Waals surface area contributed by atoms with Crippen molar-refractivity contribution in [3.05, 3.63) is 29.2 Å². The third kappa shape index (κ3) is 1.58. The zero-order chi connectivity index (χ0) is 11.0. The molecule has 0 saturated carbocycles. The van der Waals surface area contributed by atoms with Crippen LogP contribution in [0.3, 0.4) is 0 Å². The summed E-state index contributed by atoms with van der Waals surface area (Å²) in [7, 11) is 0. The predicted molar refractivity (Wildman–Crippen MR) is 55.6 cm³/mol. The van der Waals surface area contributed by atoms with Crippen molar-refractivity contribution in [2.75, 3.05) is 0 Å². The molecule has 0 aliphatic rings. The fraction of sp³-hybridized carbons (Fsp3) is 0.273. The molecule has 0 aliphatic carbocycles. The first-order valence-electron chi connectivity index (χ1n) is 4.69. The smallest absolute Gasteiger partial charge is 0.223 e. The number of aromatic nitrogens is 2. The molecule has 0 unspecified atom stereocenters. The van der Waals surface area contributed by atoms with Crippen molar-refractivity contribution in [2.45, 2.75) is 20.8 Å². The highest BCUT2D eigenvalue weighted by Gasteiger charge is 2.11. The van der Waals surface area contributed by atoms with Crippen LogP contribution in [0, 0.1) is 20.8 Å². The number of rotatable bonds is 1. The van der Waals surface area contributed by atoms with Gasteiger partial charge in [-0.3, -0.25) is 0 Å². The summed E-state index contributed by atoms with van der Waals surface area (Å²) in [4.78, 5) is 4.15. The van der Waals surface area contributed by atoms with Gasteiger partial charge in [-0.1, -0.05) is 5.16 Å². The van der Waals surface area contributed by atoms with E-state index in [2.05, 4.69) is 10.1 Å². The van der Waals surface area contributed by atoms with Crippen LogP contribution in [0.15, 0.2) is 16.7 Å². The third-order valence-electron chi connectivity index (χ3n) is 2.53. The van der Waals surface area contributed by atoms with Crippen molar-refractivity contribution in [3.63, 3.8) is 0 Å². The zero-order valence-electron chi connectivity index (χ0n) is 8.90. The van der Waals surface area contributed by atoms with Gasteiger partial charge < -0.3 is 9.63 Å². The lowest BCUT2D eigenvalue weighted by molar-refractivity contribution is 0.394. The molecule has 0 amide bonds. The number of benzene rings is 1. The van der Waals surface area contributed by atoms with E-state index in [1.54, 1.807) is 19.1 Å². The number of phenols is 1. The number of hydrogen-bond acceptors (Lipinski definition) is 4. The minimum atomic E-state index is 0.288. The largest absolute Gasteiger partial charge is 0.508 e. The molecular weight excluding hydrogens is 192 g/mol. The van der Waals surface area contributed by atoms with Gasteiger partial charge in [0.25, 0.3) is 0 Å². The van der Waals surface area contributed by atoms with Crippen molar-refractivity contribution in [2.24, 2.45) is 0 Å². The Hall–Kier alpha value is -1.84. The molecule has 2 aromatic rings. The summed E-state index contributed by atoms with van der Waals surface area (Å²) >= 11 is 0. The molecule has 0 spiro atoms. The van der Waals surface area contributed by atoms with Crippen LogP contribution in [0.4, 0.5) is 0 Å². The van der Waals surface area contributed by atoms with Crippen molar-refractivity contribution in [1.82, 2.24) is 10.1 Å². The molecule has 1 N–H and O–H groups in total. The van der Waals surface area contributed by atoms with E-state index in [1.807, 2.05) is 13.8 Å². The maximum absolute atomic E-state index is 9.51. The third-order valence-corrected chi connectivity index (χ3v) is 2.53. The van der Waals surface area contributed by atoms with Gasteiger partial charge in [0.05, 0.1) is 0 Å². The summed E-state index contributed by atoms with van der Waals surface area (Å²) in [5.41, 5.74) is 2.70. The monoisotopic (exact) mass is 204 g/mol. The van der Waals surface area contributed by atoms with Gasteiger partial charge in [0.1, 0.15) is 5.75 Å². The van der Waals surface area contributed by atoms with Crippen molar-refractivity contribution >= 4 is 0 Å². The van der Waals surface area contributed by atoms with E-state index in [1.165, 1.54) is 0 Å². The van der Waals surface area contributed by atoms with E-state index in [4.69, 9.17) is 4.52 Å². The van der Waals surface area contributed by atoms with Gasteiger partial charge in [-0.15, -0.1) is 0 Å². The average Bonchev–Trinajstić information content (AvgIpc) is 2.61. The van der Waals surface area contributed by atoms with Crippen molar-refractivity contribution in [1.29, 1.82) is 0 Å². The van der Waals surface area contributed by atoms with Crippen LogP contribution in [0.25, 0.3) is 11.4 Å². The average molecular weight is 204 g/mol. The Morgan fingerprint density at radius 1 is 1.13 bits per heavy atom. The van der Waals surface area contributed by atoms with Crippen LogP contribution in [-0.4, -0.2) is 15.2 Å². The fourth-order valence-corrected chi connectivity index (χ4v) is 1.46. The molecule has 0 bridgehead atoms. The summed E-state index contributed by atoms with van der Waals surface area (Å²) in [5, 5.41) is 13.4.